The lowest BCUT2D eigenvalue weighted by Gasteiger charge is -2.36. The number of thioether (sulfide) groups is 2. The van der Waals surface area contributed by atoms with Crippen LogP contribution in [-0.4, -0.2) is 94.5 Å². The van der Waals surface area contributed by atoms with Crippen LogP contribution in [0.4, 0.5) is 0 Å². The van der Waals surface area contributed by atoms with Crippen LogP contribution in [0, 0.1) is 0 Å². The quantitative estimate of drug-likeness (QED) is 0.678. The number of likely N-dealkylation sites (N-methyl/N-ethyl adjacent to an activating group) is 1. The molecule has 1 aromatic rings. The van der Waals surface area contributed by atoms with Crippen molar-refractivity contribution in [2.45, 2.75) is 42.5 Å². The molecular weight excluding hydrogens is 444 g/mol. The number of hydrogen-bond donors (Lipinski definition) is 1. The van der Waals surface area contributed by atoms with Gasteiger partial charge in [0, 0.05) is 36.5 Å². The van der Waals surface area contributed by atoms with Gasteiger partial charge in [0.1, 0.15) is 17.5 Å². The molecular formula is C23H32N4O3S2. The second kappa shape index (κ2) is 9.27. The first-order chi connectivity index (χ1) is 15.2. The first-order valence-electron chi connectivity index (χ1n) is 11.1. The molecule has 3 aliphatic heterocycles. The van der Waals surface area contributed by atoms with E-state index in [1.807, 2.05) is 49.3 Å². The predicted octanol–water partition coefficient (Wildman–Crippen LogP) is 2.05. The van der Waals surface area contributed by atoms with Gasteiger partial charge in [0.05, 0.1) is 0 Å². The monoisotopic (exact) mass is 476 g/mol. The Hall–Kier alpha value is -1.71. The number of rotatable bonds is 6. The molecule has 3 aliphatic rings. The van der Waals surface area contributed by atoms with Gasteiger partial charge >= 0.3 is 0 Å². The molecule has 3 atom stereocenters. The van der Waals surface area contributed by atoms with E-state index < -0.39 is 16.8 Å². The van der Waals surface area contributed by atoms with Gasteiger partial charge in [0.2, 0.25) is 11.8 Å². The molecule has 0 aromatic heterocycles. The second-order valence-corrected chi connectivity index (χ2v) is 12.0. The highest BCUT2D eigenvalue weighted by atomic mass is 32.2. The third-order valence-corrected chi connectivity index (χ3v) is 8.76. The van der Waals surface area contributed by atoms with Crippen molar-refractivity contribution in [2.75, 3.05) is 45.2 Å². The fourth-order valence-corrected chi connectivity index (χ4v) is 6.86. The van der Waals surface area contributed by atoms with E-state index in [1.165, 1.54) is 0 Å². The van der Waals surface area contributed by atoms with Crippen LogP contribution in [0.25, 0.3) is 0 Å². The van der Waals surface area contributed by atoms with Gasteiger partial charge in [-0.2, -0.15) is 11.8 Å². The maximum Gasteiger partial charge on any atom is 0.256 e. The zero-order valence-corrected chi connectivity index (χ0v) is 20.8. The second-order valence-electron chi connectivity index (χ2n) is 9.25. The molecule has 1 aromatic carbocycles. The van der Waals surface area contributed by atoms with Gasteiger partial charge in [-0.1, -0.05) is 18.2 Å². The number of nitrogens with zero attached hydrogens (tertiary/aromatic N) is 3. The Labute approximate surface area is 198 Å². The van der Waals surface area contributed by atoms with Crippen molar-refractivity contribution in [1.29, 1.82) is 0 Å². The number of amides is 3. The van der Waals surface area contributed by atoms with Crippen molar-refractivity contribution in [3.63, 3.8) is 0 Å². The summed E-state index contributed by atoms with van der Waals surface area (Å²) in [7, 11) is 2.05. The van der Waals surface area contributed by atoms with Crippen molar-refractivity contribution >= 4 is 41.2 Å². The summed E-state index contributed by atoms with van der Waals surface area (Å²) in [5.41, 5.74) is 1.64. The molecule has 1 N–H and O–H groups in total. The van der Waals surface area contributed by atoms with Gasteiger partial charge < -0.3 is 20.0 Å². The van der Waals surface area contributed by atoms with Gasteiger partial charge in [0.15, 0.2) is 0 Å². The molecule has 2 fully saturated rings. The van der Waals surface area contributed by atoms with Gasteiger partial charge in [0.25, 0.3) is 5.91 Å². The largest absolute Gasteiger partial charge is 0.342 e. The van der Waals surface area contributed by atoms with Crippen LogP contribution in [-0.2, 0) is 9.59 Å². The number of fused-ring (bicyclic) bond motifs is 3. The number of carbonyl (C=O) groups is 3. The normalized spacial score (nSPS) is 25.4. The highest BCUT2D eigenvalue weighted by Crippen LogP contribution is 2.56. The van der Waals surface area contributed by atoms with E-state index in [-0.39, 0.29) is 23.1 Å². The van der Waals surface area contributed by atoms with Gasteiger partial charge in [-0.25, -0.2) is 0 Å². The highest BCUT2D eigenvalue weighted by molar-refractivity contribution is 8.01. The standard InChI is InChI=1S/C23H32N4O3S2/c1-23(2)18(27-20(29)15-7-5-6-8-16(15)22(27)32-23)19(28)24-17(9-14-31-4)21(30)26-12-10-25(3)11-13-26/h5-8,17-18,22H,9-14H2,1-4H3,(H,24,28)/t17-,18+,22-/m0/s1. The molecule has 0 radical (unpaired) electrons. The SMILES string of the molecule is CSCC[C@H](NC(=O)[C@H]1N2C(=O)c3ccccc3[C@@H]2SC1(C)C)C(=O)N1CCN(C)CC1. The Balaban J connectivity index is 1.53. The van der Waals surface area contributed by atoms with Crippen molar-refractivity contribution in [3.05, 3.63) is 35.4 Å². The lowest BCUT2D eigenvalue weighted by molar-refractivity contribution is -0.139. The lowest BCUT2D eigenvalue weighted by Crippen LogP contribution is -2.59. The van der Waals surface area contributed by atoms with Crippen molar-refractivity contribution in [3.8, 4) is 0 Å². The maximum atomic E-state index is 13.6. The van der Waals surface area contributed by atoms with Crippen molar-refractivity contribution < 1.29 is 14.4 Å². The summed E-state index contributed by atoms with van der Waals surface area (Å²) in [6.45, 7) is 7.04. The molecule has 2 saturated heterocycles. The zero-order chi connectivity index (χ0) is 23.0. The van der Waals surface area contributed by atoms with Crippen molar-refractivity contribution in [2.24, 2.45) is 0 Å². The van der Waals surface area contributed by atoms with Crippen LogP contribution >= 0.6 is 23.5 Å². The predicted molar refractivity (Wildman–Crippen MR) is 130 cm³/mol. The Kier molecular flexibility index (Phi) is 6.79. The Morgan fingerprint density at radius 2 is 1.91 bits per heavy atom. The molecule has 0 bridgehead atoms. The smallest absolute Gasteiger partial charge is 0.256 e. The summed E-state index contributed by atoms with van der Waals surface area (Å²) in [4.78, 5) is 45.9. The van der Waals surface area contributed by atoms with E-state index in [4.69, 9.17) is 0 Å². The molecule has 4 rings (SSSR count). The number of carbonyl (C=O) groups excluding carboxylic acids is 3. The zero-order valence-electron chi connectivity index (χ0n) is 19.2. The summed E-state index contributed by atoms with van der Waals surface area (Å²) in [5, 5.41) is 2.89. The number of hydrogen-bond acceptors (Lipinski definition) is 6. The van der Waals surface area contributed by atoms with Crippen LogP contribution in [0.2, 0.25) is 0 Å². The van der Waals surface area contributed by atoms with E-state index in [0.717, 1.165) is 24.4 Å². The third kappa shape index (κ3) is 4.26. The van der Waals surface area contributed by atoms with Crippen LogP contribution in [0.15, 0.2) is 24.3 Å². The Bertz CT molecular complexity index is 901. The van der Waals surface area contributed by atoms with E-state index in [0.29, 0.717) is 25.1 Å². The fraction of sp³-hybridized carbons (Fsp3) is 0.609. The summed E-state index contributed by atoms with van der Waals surface area (Å²) in [5.74, 6) is 0.426. The molecule has 3 heterocycles. The van der Waals surface area contributed by atoms with E-state index >= 15 is 0 Å². The maximum absolute atomic E-state index is 13.6. The van der Waals surface area contributed by atoms with Crippen molar-refractivity contribution in [1.82, 2.24) is 20.0 Å². The first-order valence-corrected chi connectivity index (χ1v) is 13.4. The van der Waals surface area contributed by atoms with Crippen LogP contribution in [0.5, 0.6) is 0 Å². The van der Waals surface area contributed by atoms with E-state index in [1.54, 1.807) is 28.4 Å². The first kappa shape index (κ1) is 23.4. The molecule has 32 heavy (non-hydrogen) atoms. The minimum atomic E-state index is -0.630. The van der Waals surface area contributed by atoms with E-state index in [9.17, 15) is 14.4 Å². The third-order valence-electron chi connectivity index (χ3n) is 6.58. The van der Waals surface area contributed by atoms with Gasteiger partial charge in [-0.15, -0.1) is 11.8 Å². The molecule has 9 heteroatoms. The molecule has 0 saturated carbocycles. The van der Waals surface area contributed by atoms with Gasteiger partial charge in [-0.05, 0) is 51.0 Å². The van der Waals surface area contributed by atoms with Crippen LogP contribution in [0.1, 0.15) is 41.6 Å². The Morgan fingerprint density at radius 3 is 2.59 bits per heavy atom. The molecule has 174 valence electrons. The minimum absolute atomic E-state index is 0.0171. The molecule has 7 nitrogen and oxygen atoms in total. The summed E-state index contributed by atoms with van der Waals surface area (Å²) >= 11 is 3.30. The average molecular weight is 477 g/mol. The Morgan fingerprint density at radius 1 is 1.22 bits per heavy atom. The lowest BCUT2D eigenvalue weighted by atomic mass is 10.00. The summed E-state index contributed by atoms with van der Waals surface area (Å²) < 4.78 is -0.459. The summed E-state index contributed by atoms with van der Waals surface area (Å²) in [6.07, 6.45) is 2.58. The number of nitrogens with one attached hydrogen (secondary N) is 1. The molecule has 0 aliphatic carbocycles. The summed E-state index contributed by atoms with van der Waals surface area (Å²) in [6, 6.07) is 6.39. The number of piperazine rings is 1. The number of benzene rings is 1. The molecule has 0 unspecified atom stereocenters. The topological polar surface area (TPSA) is 73.0 Å². The average Bonchev–Trinajstić information content (AvgIpc) is 3.20. The molecule has 0 spiro atoms. The van der Waals surface area contributed by atoms with Gasteiger partial charge in [-0.3, -0.25) is 14.4 Å². The molecule has 3 amide bonds. The minimum Gasteiger partial charge on any atom is -0.342 e. The van der Waals surface area contributed by atoms with E-state index in [2.05, 4.69) is 17.3 Å². The highest BCUT2D eigenvalue weighted by Gasteiger charge is 2.57. The van der Waals surface area contributed by atoms with Crippen LogP contribution < -0.4 is 5.32 Å². The fourth-order valence-electron chi connectivity index (χ4n) is 4.80. The van der Waals surface area contributed by atoms with Crippen LogP contribution in [0.3, 0.4) is 0 Å².